The molecule has 2 heterocycles. The van der Waals surface area contributed by atoms with Gasteiger partial charge < -0.3 is 9.32 Å². The lowest BCUT2D eigenvalue weighted by atomic mass is 9.95. The third-order valence-electron chi connectivity index (χ3n) is 9.68. The fraction of sp³-hybridized carbons (Fsp3) is 0. The van der Waals surface area contributed by atoms with E-state index in [0.29, 0.717) is 0 Å². The van der Waals surface area contributed by atoms with Gasteiger partial charge in [0, 0.05) is 36.7 Å². The summed E-state index contributed by atoms with van der Waals surface area (Å²) in [7, 11) is 0. The van der Waals surface area contributed by atoms with Crippen molar-refractivity contribution in [2.45, 2.75) is 0 Å². The Kier molecular flexibility index (Phi) is 6.39. The van der Waals surface area contributed by atoms with Crippen LogP contribution in [0.25, 0.3) is 75.1 Å². The third kappa shape index (κ3) is 4.47. The number of anilines is 3. The average Bonchev–Trinajstić information content (AvgIpc) is 3.74. The van der Waals surface area contributed by atoms with Gasteiger partial charge in [-0.15, -0.1) is 11.3 Å². The summed E-state index contributed by atoms with van der Waals surface area (Å²) in [5.41, 5.74) is 9.76. The van der Waals surface area contributed by atoms with Gasteiger partial charge in [-0.05, 0) is 64.4 Å². The molecule has 10 aromatic rings. The van der Waals surface area contributed by atoms with Gasteiger partial charge in [0.25, 0.3) is 0 Å². The number of nitrogens with zero attached hydrogens (tertiary/aromatic N) is 1. The lowest BCUT2D eigenvalue weighted by molar-refractivity contribution is 0.669. The minimum absolute atomic E-state index is 0.871. The Hall–Kier alpha value is -6.16. The van der Waals surface area contributed by atoms with Crippen molar-refractivity contribution in [3.05, 3.63) is 176 Å². The number of furan rings is 1. The lowest BCUT2D eigenvalue weighted by Crippen LogP contribution is -2.13. The number of rotatable bonds is 5. The molecule has 0 aliphatic heterocycles. The van der Waals surface area contributed by atoms with E-state index in [4.69, 9.17) is 4.42 Å². The molecule has 0 radical (unpaired) electrons. The van der Waals surface area contributed by atoms with Gasteiger partial charge in [0.05, 0.1) is 22.4 Å². The molecule has 0 aliphatic rings. The highest BCUT2D eigenvalue weighted by Gasteiger charge is 2.24. The molecule has 3 heteroatoms. The van der Waals surface area contributed by atoms with Gasteiger partial charge in [-0.1, -0.05) is 133 Å². The fourth-order valence-corrected chi connectivity index (χ4v) is 8.64. The zero-order chi connectivity index (χ0) is 32.3. The number of hydrogen-bond acceptors (Lipinski definition) is 3. The highest BCUT2D eigenvalue weighted by Crippen LogP contribution is 2.49. The van der Waals surface area contributed by atoms with Crippen molar-refractivity contribution in [2.24, 2.45) is 0 Å². The molecule has 230 valence electrons. The maximum absolute atomic E-state index is 6.45. The predicted octanol–water partition coefficient (Wildman–Crippen LogP) is 13.9. The molecule has 0 bridgehead atoms. The van der Waals surface area contributed by atoms with Crippen LogP contribution in [0.15, 0.2) is 180 Å². The second-order valence-electron chi connectivity index (χ2n) is 12.5. The van der Waals surface area contributed by atoms with Crippen LogP contribution in [0, 0.1) is 0 Å². The molecule has 8 aromatic carbocycles. The van der Waals surface area contributed by atoms with Crippen molar-refractivity contribution >= 4 is 81.3 Å². The standard InChI is InChI=1S/C46H29NOS/c1-2-15-32-30(13-1)14-11-20-34(32)35-17-4-8-22-40(35)47(41-23-12-25-43-46(41)38-19-5-9-24-42(38)48-43)39-21-7-3-16-33(39)31-27-28-37-36-18-6-10-26-44(36)49-45(37)29-31/h1-29H. The molecule has 0 saturated carbocycles. The normalized spacial score (nSPS) is 11.7. The zero-order valence-corrected chi connectivity index (χ0v) is 27.3. The highest BCUT2D eigenvalue weighted by molar-refractivity contribution is 7.25. The molecule has 0 N–H and O–H groups in total. The summed E-state index contributed by atoms with van der Waals surface area (Å²) in [6.45, 7) is 0. The number of para-hydroxylation sites is 3. The van der Waals surface area contributed by atoms with Crippen LogP contribution < -0.4 is 4.90 Å². The van der Waals surface area contributed by atoms with E-state index in [1.54, 1.807) is 0 Å². The highest BCUT2D eigenvalue weighted by atomic mass is 32.1. The SMILES string of the molecule is c1ccc(N(c2ccccc2-c2cccc3ccccc23)c2cccc3oc4ccccc4c23)c(-c2ccc3c(c2)sc2ccccc23)c1. The summed E-state index contributed by atoms with van der Waals surface area (Å²) in [6, 6.07) is 63.3. The van der Waals surface area contributed by atoms with E-state index in [0.717, 1.165) is 39.0 Å². The van der Waals surface area contributed by atoms with Crippen LogP contribution in [0.4, 0.5) is 17.1 Å². The summed E-state index contributed by atoms with van der Waals surface area (Å²) in [6.07, 6.45) is 0. The fourth-order valence-electron chi connectivity index (χ4n) is 7.49. The van der Waals surface area contributed by atoms with Gasteiger partial charge in [0.1, 0.15) is 11.2 Å². The molecule has 0 spiro atoms. The number of fused-ring (bicyclic) bond motifs is 7. The van der Waals surface area contributed by atoms with Crippen molar-refractivity contribution in [1.82, 2.24) is 0 Å². The monoisotopic (exact) mass is 643 g/mol. The molecule has 0 atom stereocenters. The second-order valence-corrected chi connectivity index (χ2v) is 13.5. The van der Waals surface area contributed by atoms with Crippen LogP contribution in [-0.2, 0) is 0 Å². The number of hydrogen-bond donors (Lipinski definition) is 0. The average molecular weight is 644 g/mol. The Morgan fingerprint density at radius 2 is 0.980 bits per heavy atom. The predicted molar refractivity (Wildman–Crippen MR) is 210 cm³/mol. The molecule has 49 heavy (non-hydrogen) atoms. The quantitative estimate of drug-likeness (QED) is 0.186. The first-order chi connectivity index (χ1) is 24.3. The minimum Gasteiger partial charge on any atom is -0.456 e. The van der Waals surface area contributed by atoms with Crippen LogP contribution in [0.5, 0.6) is 0 Å². The Balaban J connectivity index is 1.28. The molecule has 0 amide bonds. The Bertz CT molecular complexity index is 2850. The molecule has 0 fully saturated rings. The van der Waals surface area contributed by atoms with Gasteiger partial charge in [0.2, 0.25) is 0 Å². The van der Waals surface area contributed by atoms with Gasteiger partial charge in [-0.2, -0.15) is 0 Å². The van der Waals surface area contributed by atoms with Gasteiger partial charge in [-0.25, -0.2) is 0 Å². The van der Waals surface area contributed by atoms with E-state index in [-0.39, 0.29) is 0 Å². The molecule has 0 unspecified atom stereocenters. The summed E-state index contributed by atoms with van der Waals surface area (Å²) in [5, 5.41) is 7.26. The Morgan fingerprint density at radius 3 is 1.88 bits per heavy atom. The van der Waals surface area contributed by atoms with Crippen LogP contribution in [-0.4, -0.2) is 0 Å². The number of thiophene rings is 1. The van der Waals surface area contributed by atoms with Crippen LogP contribution >= 0.6 is 11.3 Å². The van der Waals surface area contributed by atoms with Crippen LogP contribution in [0.1, 0.15) is 0 Å². The summed E-state index contributed by atoms with van der Waals surface area (Å²) in [4.78, 5) is 2.45. The van der Waals surface area contributed by atoms with Crippen molar-refractivity contribution in [2.75, 3.05) is 4.90 Å². The largest absolute Gasteiger partial charge is 0.456 e. The molecule has 2 nitrogen and oxygen atoms in total. The molecule has 10 rings (SSSR count). The smallest absolute Gasteiger partial charge is 0.137 e. The van der Waals surface area contributed by atoms with Gasteiger partial charge in [0.15, 0.2) is 0 Å². The maximum Gasteiger partial charge on any atom is 0.137 e. The molecular weight excluding hydrogens is 615 g/mol. The second kappa shape index (κ2) is 11.2. The van der Waals surface area contributed by atoms with Crippen molar-refractivity contribution in [1.29, 1.82) is 0 Å². The van der Waals surface area contributed by atoms with E-state index in [2.05, 4.69) is 175 Å². The van der Waals surface area contributed by atoms with E-state index in [9.17, 15) is 0 Å². The Labute approximate surface area is 287 Å². The van der Waals surface area contributed by atoms with E-state index in [1.165, 1.54) is 53.2 Å². The zero-order valence-electron chi connectivity index (χ0n) is 26.5. The van der Waals surface area contributed by atoms with Gasteiger partial charge in [-0.3, -0.25) is 0 Å². The van der Waals surface area contributed by atoms with E-state index in [1.807, 2.05) is 17.4 Å². The lowest BCUT2D eigenvalue weighted by Gasteiger charge is -2.30. The summed E-state index contributed by atoms with van der Waals surface area (Å²) < 4.78 is 9.06. The Morgan fingerprint density at radius 1 is 0.388 bits per heavy atom. The summed E-state index contributed by atoms with van der Waals surface area (Å²) in [5.74, 6) is 0. The first-order valence-electron chi connectivity index (χ1n) is 16.6. The van der Waals surface area contributed by atoms with Crippen molar-refractivity contribution in [3.8, 4) is 22.3 Å². The molecule has 0 saturated heterocycles. The van der Waals surface area contributed by atoms with Gasteiger partial charge >= 0.3 is 0 Å². The first kappa shape index (κ1) is 27.9. The third-order valence-corrected chi connectivity index (χ3v) is 10.8. The molecule has 2 aromatic heterocycles. The van der Waals surface area contributed by atoms with E-state index < -0.39 is 0 Å². The number of benzene rings is 8. The van der Waals surface area contributed by atoms with Crippen molar-refractivity contribution in [3.63, 3.8) is 0 Å². The van der Waals surface area contributed by atoms with Crippen molar-refractivity contribution < 1.29 is 4.42 Å². The maximum atomic E-state index is 6.45. The van der Waals surface area contributed by atoms with Crippen LogP contribution in [0.3, 0.4) is 0 Å². The molecular formula is C46H29NOS. The van der Waals surface area contributed by atoms with Crippen LogP contribution in [0.2, 0.25) is 0 Å². The summed E-state index contributed by atoms with van der Waals surface area (Å²) >= 11 is 1.86. The topological polar surface area (TPSA) is 16.4 Å². The minimum atomic E-state index is 0.871. The molecule has 0 aliphatic carbocycles. The van der Waals surface area contributed by atoms with E-state index >= 15 is 0 Å². The first-order valence-corrected chi connectivity index (χ1v) is 17.4.